The van der Waals surface area contributed by atoms with Gasteiger partial charge in [-0.3, -0.25) is 19.7 Å². The highest BCUT2D eigenvalue weighted by Crippen LogP contribution is 2.13. The highest BCUT2D eigenvalue weighted by Gasteiger charge is 2.08. The van der Waals surface area contributed by atoms with E-state index in [2.05, 4.69) is 12.2 Å². The molecule has 5 nitrogen and oxygen atoms in total. The summed E-state index contributed by atoms with van der Waals surface area (Å²) in [5.74, 6) is -1.20. The monoisotopic (exact) mass is 382 g/mol. The van der Waals surface area contributed by atoms with Gasteiger partial charge in [0.25, 0.3) is 0 Å². The number of carbonyl (C=O) groups excluding carboxylic acids is 3. The number of carbonyl (C=O) groups is 3. The Balaban J connectivity index is 3.25. The number of primary amides is 1. The summed E-state index contributed by atoms with van der Waals surface area (Å²) >= 11 is 0. The predicted molar refractivity (Wildman–Crippen MR) is 111 cm³/mol. The minimum atomic E-state index is -0.528. The molecule has 0 aromatic heterocycles. The smallest absolute Gasteiger partial charge is 0.227 e. The number of amides is 3. The van der Waals surface area contributed by atoms with Gasteiger partial charge in [-0.05, 0) is 6.42 Å². The zero-order valence-corrected chi connectivity index (χ0v) is 17.5. The molecule has 0 aromatic rings. The van der Waals surface area contributed by atoms with Crippen molar-refractivity contribution in [2.45, 2.75) is 122 Å². The zero-order valence-electron chi connectivity index (χ0n) is 17.5. The van der Waals surface area contributed by atoms with Gasteiger partial charge in [-0.1, -0.05) is 96.8 Å². The normalized spacial score (nSPS) is 10.7. The summed E-state index contributed by atoms with van der Waals surface area (Å²) in [5.41, 5.74) is 4.97. The molecule has 0 spiro atoms. The Labute approximate surface area is 166 Å². The Morgan fingerprint density at radius 2 is 0.926 bits per heavy atom. The van der Waals surface area contributed by atoms with Crippen molar-refractivity contribution in [1.29, 1.82) is 0 Å². The van der Waals surface area contributed by atoms with Gasteiger partial charge in [-0.15, -0.1) is 0 Å². The van der Waals surface area contributed by atoms with Crippen LogP contribution in [0.3, 0.4) is 0 Å². The molecule has 0 atom stereocenters. The van der Waals surface area contributed by atoms with E-state index in [-0.39, 0.29) is 18.7 Å². The Bertz CT molecular complexity index is 397. The lowest BCUT2D eigenvalue weighted by Crippen LogP contribution is -2.30. The molecule has 0 saturated heterocycles. The first kappa shape index (κ1) is 25.6. The summed E-state index contributed by atoms with van der Waals surface area (Å²) < 4.78 is 0. The highest BCUT2D eigenvalue weighted by molar-refractivity contribution is 5.96. The van der Waals surface area contributed by atoms with Crippen molar-refractivity contribution in [3.63, 3.8) is 0 Å². The van der Waals surface area contributed by atoms with E-state index in [4.69, 9.17) is 5.73 Å². The van der Waals surface area contributed by atoms with Crippen molar-refractivity contribution < 1.29 is 14.4 Å². The fourth-order valence-corrected chi connectivity index (χ4v) is 3.17. The average Bonchev–Trinajstić information content (AvgIpc) is 2.63. The number of imide groups is 1. The SMILES string of the molecule is CCCCCCCCCCCCCCCCCC(=O)NC(=O)CCC(N)=O. The second-order valence-corrected chi connectivity index (χ2v) is 7.64. The molecule has 158 valence electrons. The molecule has 5 heteroatoms. The van der Waals surface area contributed by atoms with Crippen LogP contribution in [0.4, 0.5) is 0 Å². The molecule has 0 fully saturated rings. The lowest BCUT2D eigenvalue weighted by molar-refractivity contribution is -0.131. The van der Waals surface area contributed by atoms with Crippen molar-refractivity contribution in [3.05, 3.63) is 0 Å². The van der Waals surface area contributed by atoms with Gasteiger partial charge in [0, 0.05) is 19.3 Å². The topological polar surface area (TPSA) is 89.3 Å². The van der Waals surface area contributed by atoms with E-state index in [1.165, 1.54) is 77.0 Å². The molecule has 0 aromatic carbocycles. The van der Waals surface area contributed by atoms with Gasteiger partial charge in [-0.25, -0.2) is 0 Å². The van der Waals surface area contributed by atoms with Gasteiger partial charge in [-0.2, -0.15) is 0 Å². The molecule has 0 unspecified atom stereocenters. The van der Waals surface area contributed by atoms with Crippen LogP contribution >= 0.6 is 0 Å². The number of nitrogens with two attached hydrogens (primary N) is 1. The highest BCUT2D eigenvalue weighted by atomic mass is 16.2. The third-order valence-electron chi connectivity index (χ3n) is 4.88. The van der Waals surface area contributed by atoms with Gasteiger partial charge >= 0.3 is 0 Å². The van der Waals surface area contributed by atoms with E-state index in [0.29, 0.717) is 6.42 Å². The molecule has 0 heterocycles. The predicted octanol–water partition coefficient (Wildman–Crippen LogP) is 5.16. The maximum Gasteiger partial charge on any atom is 0.227 e. The van der Waals surface area contributed by atoms with Crippen LogP contribution in [0.5, 0.6) is 0 Å². The van der Waals surface area contributed by atoms with E-state index >= 15 is 0 Å². The Morgan fingerprint density at radius 3 is 1.33 bits per heavy atom. The van der Waals surface area contributed by atoms with E-state index in [9.17, 15) is 14.4 Å². The van der Waals surface area contributed by atoms with Crippen LogP contribution in [0.25, 0.3) is 0 Å². The number of hydrogen-bond donors (Lipinski definition) is 2. The maximum absolute atomic E-state index is 11.6. The van der Waals surface area contributed by atoms with Crippen LogP contribution in [0.2, 0.25) is 0 Å². The molecule has 0 aliphatic carbocycles. The Morgan fingerprint density at radius 1 is 0.556 bits per heavy atom. The van der Waals surface area contributed by atoms with E-state index in [1.54, 1.807) is 0 Å². The zero-order chi connectivity index (χ0) is 20.2. The van der Waals surface area contributed by atoms with E-state index in [0.717, 1.165) is 19.3 Å². The maximum atomic E-state index is 11.6. The fourth-order valence-electron chi connectivity index (χ4n) is 3.17. The first-order valence-corrected chi connectivity index (χ1v) is 11.2. The first-order chi connectivity index (χ1) is 13.1. The van der Waals surface area contributed by atoms with Crippen LogP contribution in [0.15, 0.2) is 0 Å². The number of rotatable bonds is 19. The molecule has 0 aliphatic heterocycles. The number of hydrogen-bond acceptors (Lipinski definition) is 3. The van der Waals surface area contributed by atoms with Gasteiger partial charge in [0.1, 0.15) is 0 Å². The summed E-state index contributed by atoms with van der Waals surface area (Å²) in [6.07, 6.45) is 19.6. The number of unbranched alkanes of at least 4 members (excludes halogenated alkanes) is 14. The van der Waals surface area contributed by atoms with Crippen molar-refractivity contribution in [3.8, 4) is 0 Å². The quantitative estimate of drug-likeness (QED) is 0.302. The summed E-state index contributed by atoms with van der Waals surface area (Å²) in [4.78, 5) is 33.5. The molecular formula is C22H42N2O3. The van der Waals surface area contributed by atoms with Gasteiger partial charge in [0.05, 0.1) is 0 Å². The van der Waals surface area contributed by atoms with Crippen LogP contribution in [0, 0.1) is 0 Å². The summed E-state index contributed by atoms with van der Waals surface area (Å²) in [5, 5.41) is 2.30. The molecule has 3 amide bonds. The van der Waals surface area contributed by atoms with Crippen molar-refractivity contribution in [2.24, 2.45) is 5.73 Å². The molecule has 27 heavy (non-hydrogen) atoms. The minimum Gasteiger partial charge on any atom is -0.370 e. The van der Waals surface area contributed by atoms with Gasteiger partial charge in [0.15, 0.2) is 0 Å². The van der Waals surface area contributed by atoms with E-state index in [1.807, 2.05) is 0 Å². The van der Waals surface area contributed by atoms with Gasteiger partial charge < -0.3 is 5.73 Å². The summed E-state index contributed by atoms with van der Waals surface area (Å²) in [7, 11) is 0. The molecule has 3 N–H and O–H groups in total. The Hall–Kier alpha value is -1.39. The first-order valence-electron chi connectivity index (χ1n) is 11.2. The second-order valence-electron chi connectivity index (χ2n) is 7.64. The third-order valence-corrected chi connectivity index (χ3v) is 4.88. The molecule has 0 saturated carbocycles. The molecule has 0 rings (SSSR count). The molecule has 0 aliphatic rings. The fraction of sp³-hybridized carbons (Fsp3) is 0.864. The second kappa shape index (κ2) is 19.4. The van der Waals surface area contributed by atoms with Crippen LogP contribution in [-0.4, -0.2) is 17.7 Å². The molecule has 0 bridgehead atoms. The third kappa shape index (κ3) is 20.8. The van der Waals surface area contributed by atoms with Crippen LogP contribution < -0.4 is 11.1 Å². The lowest BCUT2D eigenvalue weighted by atomic mass is 10.0. The molecule has 0 radical (unpaired) electrons. The Kier molecular flexibility index (Phi) is 18.4. The summed E-state index contributed by atoms with van der Waals surface area (Å²) in [6.45, 7) is 2.26. The minimum absolute atomic E-state index is 0.0140. The van der Waals surface area contributed by atoms with Gasteiger partial charge in [0.2, 0.25) is 17.7 Å². The lowest BCUT2D eigenvalue weighted by Gasteiger charge is -2.04. The largest absolute Gasteiger partial charge is 0.370 e. The van der Waals surface area contributed by atoms with Crippen LogP contribution in [0.1, 0.15) is 122 Å². The van der Waals surface area contributed by atoms with Crippen molar-refractivity contribution in [2.75, 3.05) is 0 Å². The van der Waals surface area contributed by atoms with E-state index < -0.39 is 11.8 Å². The average molecular weight is 383 g/mol. The summed E-state index contributed by atoms with van der Waals surface area (Å²) in [6, 6.07) is 0. The van der Waals surface area contributed by atoms with Crippen molar-refractivity contribution in [1.82, 2.24) is 5.32 Å². The van der Waals surface area contributed by atoms with Crippen LogP contribution in [-0.2, 0) is 14.4 Å². The number of nitrogens with one attached hydrogen (secondary N) is 1. The standard InChI is InChI=1S/C22H42N2O3/c1-2-3-4-5-6-7-8-9-10-11-12-13-14-15-16-17-21(26)24-22(27)19-18-20(23)25/h2-19H2,1H3,(H2,23,25)(H,24,26,27). The van der Waals surface area contributed by atoms with Crippen molar-refractivity contribution >= 4 is 17.7 Å². The molecular weight excluding hydrogens is 340 g/mol.